The maximum absolute atomic E-state index is 5.62. The Balaban J connectivity index is 4.34. The molecule has 0 bridgehead atoms. The highest BCUT2D eigenvalue weighted by atomic mass is 35.5. The Morgan fingerprint density at radius 1 is 1.08 bits per heavy atom. The van der Waals surface area contributed by atoms with E-state index in [1.54, 1.807) is 0 Å². The van der Waals surface area contributed by atoms with Crippen LogP contribution >= 0.6 is 23.2 Å². The third kappa shape index (κ3) is 7.00. The van der Waals surface area contributed by atoms with Gasteiger partial charge in [0.05, 0.1) is 0 Å². The summed E-state index contributed by atoms with van der Waals surface area (Å²) in [6.07, 6.45) is 2.98. The molecule has 0 aliphatic heterocycles. The van der Waals surface area contributed by atoms with Crippen molar-refractivity contribution in [1.82, 2.24) is 0 Å². The average molecular weight is 209 g/mol. The minimum Gasteiger partial charge on any atom is -0.0712 e. The van der Waals surface area contributed by atoms with Gasteiger partial charge in [-0.05, 0) is 23.3 Å². The van der Waals surface area contributed by atoms with E-state index in [0.717, 1.165) is 6.42 Å². The fourth-order valence-electron chi connectivity index (χ4n) is 1.71. The summed E-state index contributed by atoms with van der Waals surface area (Å²) in [5, 5.41) is 0. The molecule has 0 aromatic rings. The zero-order chi connectivity index (χ0) is 9.99. The van der Waals surface area contributed by atoms with Crippen LogP contribution in [-0.2, 0) is 0 Å². The normalized spacial score (nSPS) is 12.9. The second-order valence-electron chi connectivity index (χ2n) is 5.16. The lowest BCUT2D eigenvalue weighted by atomic mass is 9.76. The van der Waals surface area contributed by atoms with Gasteiger partial charge in [0, 0.05) is 0 Å². The summed E-state index contributed by atoms with van der Waals surface area (Å²) >= 11 is 11.2. The van der Waals surface area contributed by atoms with Crippen LogP contribution in [0.1, 0.15) is 41.0 Å². The van der Waals surface area contributed by atoms with Crippen LogP contribution in [0.2, 0.25) is 0 Å². The molecule has 0 aromatic heterocycles. The second-order valence-corrected chi connectivity index (χ2v) is 6.17. The Morgan fingerprint density at radius 2 is 1.50 bits per heavy atom. The van der Waals surface area contributed by atoms with Gasteiger partial charge in [0.2, 0.25) is 0 Å². The number of hydrogen-bond acceptors (Lipinski definition) is 0. The first-order chi connectivity index (χ1) is 5.12. The van der Waals surface area contributed by atoms with Crippen LogP contribution in [0.15, 0.2) is 10.6 Å². The van der Waals surface area contributed by atoms with Crippen LogP contribution < -0.4 is 0 Å². The van der Waals surface area contributed by atoms with Crippen molar-refractivity contribution < 1.29 is 0 Å². The lowest BCUT2D eigenvalue weighted by Gasteiger charge is -2.29. The molecule has 12 heavy (non-hydrogen) atoms. The SMILES string of the molecule is CC(C)(C)CC(C)(C)C=C(Cl)Cl. The molecule has 0 radical (unpaired) electrons. The lowest BCUT2D eigenvalue weighted by Crippen LogP contribution is -2.18. The number of hydrogen-bond donors (Lipinski definition) is 0. The van der Waals surface area contributed by atoms with Crippen molar-refractivity contribution in [3.05, 3.63) is 10.6 Å². The molecular formula is C10H18Cl2. The van der Waals surface area contributed by atoms with E-state index in [-0.39, 0.29) is 5.41 Å². The molecule has 0 N–H and O–H groups in total. The molecule has 0 unspecified atom stereocenters. The van der Waals surface area contributed by atoms with E-state index >= 15 is 0 Å². The van der Waals surface area contributed by atoms with Crippen molar-refractivity contribution in [3.8, 4) is 0 Å². The first-order valence-electron chi connectivity index (χ1n) is 4.16. The quantitative estimate of drug-likeness (QED) is 0.614. The summed E-state index contributed by atoms with van der Waals surface area (Å²) in [5.74, 6) is 0. The van der Waals surface area contributed by atoms with Gasteiger partial charge >= 0.3 is 0 Å². The monoisotopic (exact) mass is 208 g/mol. The summed E-state index contributed by atoms with van der Waals surface area (Å²) in [6.45, 7) is 10.9. The molecule has 0 rings (SSSR count). The van der Waals surface area contributed by atoms with Crippen LogP contribution in [0.25, 0.3) is 0 Å². The van der Waals surface area contributed by atoms with E-state index in [0.29, 0.717) is 9.91 Å². The average Bonchev–Trinajstić information content (AvgIpc) is 1.48. The maximum atomic E-state index is 5.62. The smallest absolute Gasteiger partial charge is 0.0712 e. The molecule has 0 aromatic carbocycles. The minimum absolute atomic E-state index is 0.0804. The van der Waals surface area contributed by atoms with Crippen molar-refractivity contribution in [2.75, 3.05) is 0 Å². The molecule has 0 atom stereocenters. The predicted molar refractivity (Wildman–Crippen MR) is 57.6 cm³/mol. The van der Waals surface area contributed by atoms with Crippen molar-refractivity contribution in [3.63, 3.8) is 0 Å². The Labute approximate surface area is 85.9 Å². The largest absolute Gasteiger partial charge is 0.103 e. The Hall–Kier alpha value is 0.320. The molecule has 0 fully saturated rings. The number of rotatable bonds is 2. The van der Waals surface area contributed by atoms with Gasteiger partial charge in [-0.15, -0.1) is 0 Å². The Morgan fingerprint density at radius 3 is 1.75 bits per heavy atom. The Bertz CT molecular complexity index is 169. The molecule has 0 aliphatic carbocycles. The maximum Gasteiger partial charge on any atom is 0.103 e. The summed E-state index contributed by atoms with van der Waals surface area (Å²) in [6, 6.07) is 0. The molecule has 0 spiro atoms. The summed E-state index contributed by atoms with van der Waals surface area (Å²) in [5.41, 5.74) is 0.389. The standard InChI is InChI=1S/C10H18Cl2/c1-9(2,3)7-10(4,5)6-8(11)12/h6H,7H2,1-5H3. The van der Waals surface area contributed by atoms with E-state index in [1.807, 2.05) is 6.08 Å². The minimum atomic E-state index is 0.0804. The summed E-state index contributed by atoms with van der Waals surface area (Å²) < 4.78 is 0.365. The molecule has 0 heterocycles. The molecular weight excluding hydrogens is 191 g/mol. The lowest BCUT2D eigenvalue weighted by molar-refractivity contribution is 0.262. The fourth-order valence-corrected chi connectivity index (χ4v) is 2.30. The van der Waals surface area contributed by atoms with Crippen LogP contribution in [-0.4, -0.2) is 0 Å². The second kappa shape index (κ2) is 4.02. The predicted octanol–water partition coefficient (Wildman–Crippen LogP) is 4.77. The van der Waals surface area contributed by atoms with Crippen LogP contribution in [0.3, 0.4) is 0 Å². The van der Waals surface area contributed by atoms with E-state index in [1.165, 1.54) is 0 Å². The van der Waals surface area contributed by atoms with E-state index in [9.17, 15) is 0 Å². The number of halogens is 2. The molecule has 0 saturated carbocycles. The topological polar surface area (TPSA) is 0 Å². The molecule has 2 heteroatoms. The third-order valence-electron chi connectivity index (χ3n) is 1.49. The van der Waals surface area contributed by atoms with Gasteiger partial charge < -0.3 is 0 Å². The van der Waals surface area contributed by atoms with E-state index < -0.39 is 0 Å². The van der Waals surface area contributed by atoms with Crippen molar-refractivity contribution >= 4 is 23.2 Å². The zero-order valence-electron chi connectivity index (χ0n) is 8.54. The van der Waals surface area contributed by atoms with Crippen LogP contribution in [0.5, 0.6) is 0 Å². The highest BCUT2D eigenvalue weighted by molar-refractivity contribution is 6.55. The molecule has 0 nitrogen and oxygen atoms in total. The van der Waals surface area contributed by atoms with Crippen LogP contribution in [0.4, 0.5) is 0 Å². The zero-order valence-corrected chi connectivity index (χ0v) is 10.1. The summed E-state index contributed by atoms with van der Waals surface area (Å²) in [7, 11) is 0. The molecule has 72 valence electrons. The first kappa shape index (κ1) is 12.3. The van der Waals surface area contributed by atoms with Gasteiger partial charge in [0.1, 0.15) is 4.49 Å². The van der Waals surface area contributed by atoms with Gasteiger partial charge in [-0.2, -0.15) is 0 Å². The van der Waals surface area contributed by atoms with E-state index in [2.05, 4.69) is 34.6 Å². The van der Waals surface area contributed by atoms with Crippen molar-refractivity contribution in [2.24, 2.45) is 10.8 Å². The molecule has 0 amide bonds. The van der Waals surface area contributed by atoms with Gasteiger partial charge in [0.15, 0.2) is 0 Å². The van der Waals surface area contributed by atoms with Gasteiger partial charge in [-0.25, -0.2) is 0 Å². The van der Waals surface area contributed by atoms with E-state index in [4.69, 9.17) is 23.2 Å². The Kier molecular flexibility index (Phi) is 4.13. The van der Waals surface area contributed by atoms with Crippen molar-refractivity contribution in [1.29, 1.82) is 0 Å². The molecule has 0 aliphatic rings. The van der Waals surface area contributed by atoms with Crippen LogP contribution in [0, 0.1) is 10.8 Å². The highest BCUT2D eigenvalue weighted by Gasteiger charge is 2.23. The first-order valence-corrected chi connectivity index (χ1v) is 4.92. The molecule has 0 saturated heterocycles. The fraction of sp³-hybridized carbons (Fsp3) is 0.800. The highest BCUT2D eigenvalue weighted by Crippen LogP contribution is 2.35. The van der Waals surface area contributed by atoms with Gasteiger partial charge in [0.25, 0.3) is 0 Å². The third-order valence-corrected chi connectivity index (χ3v) is 1.70. The van der Waals surface area contributed by atoms with Crippen molar-refractivity contribution in [2.45, 2.75) is 41.0 Å². The summed E-state index contributed by atoms with van der Waals surface area (Å²) in [4.78, 5) is 0. The number of allylic oxidation sites excluding steroid dienone is 1. The van der Waals surface area contributed by atoms with Gasteiger partial charge in [-0.1, -0.05) is 57.8 Å². The van der Waals surface area contributed by atoms with Gasteiger partial charge in [-0.3, -0.25) is 0 Å².